The molecule has 0 atom stereocenters. The number of methoxy groups -OCH3 is 1. The molecule has 0 fully saturated rings. The van der Waals surface area contributed by atoms with E-state index in [9.17, 15) is 8.78 Å². The molecule has 90 valence electrons. The quantitative estimate of drug-likeness (QED) is 0.876. The molecule has 2 rings (SSSR count). The number of ether oxygens (including phenoxy) is 1. The van der Waals surface area contributed by atoms with Crippen LogP contribution in [-0.2, 0) is 0 Å². The first kappa shape index (κ1) is 11.2. The van der Waals surface area contributed by atoms with Crippen molar-refractivity contribution >= 4 is 5.82 Å². The lowest BCUT2D eigenvalue weighted by molar-refractivity contribution is 0.0566. The van der Waals surface area contributed by atoms with Gasteiger partial charge in [-0.15, -0.1) is 5.10 Å². The lowest BCUT2D eigenvalue weighted by atomic mass is 10.1. The number of alkyl halides is 2. The number of hydrogen-bond donors (Lipinski definition) is 1. The summed E-state index contributed by atoms with van der Waals surface area (Å²) in [7, 11) is 1.43. The topological polar surface area (TPSA) is 78.8 Å². The minimum atomic E-state index is -2.70. The van der Waals surface area contributed by atoms with Gasteiger partial charge < -0.3 is 10.5 Å². The molecule has 0 unspecified atom stereocenters. The van der Waals surface area contributed by atoms with Gasteiger partial charge in [-0.05, 0) is 0 Å². The Morgan fingerprint density at radius 2 is 2.18 bits per heavy atom. The molecule has 0 radical (unpaired) electrons. The Bertz CT molecular complexity index is 528. The van der Waals surface area contributed by atoms with E-state index in [0.717, 1.165) is 0 Å². The highest BCUT2D eigenvalue weighted by Gasteiger charge is 2.15. The number of nitrogens with zero attached hydrogens (tertiary/aromatic N) is 4. The van der Waals surface area contributed by atoms with Crippen molar-refractivity contribution in [3.05, 3.63) is 18.6 Å². The van der Waals surface area contributed by atoms with Gasteiger partial charge in [-0.25, -0.2) is 4.68 Å². The monoisotopic (exact) mass is 241 g/mol. The smallest absolute Gasteiger partial charge is 0.333 e. The Morgan fingerprint density at radius 1 is 1.41 bits per heavy atom. The van der Waals surface area contributed by atoms with Gasteiger partial charge in [0.1, 0.15) is 0 Å². The van der Waals surface area contributed by atoms with Crippen LogP contribution in [-0.4, -0.2) is 27.1 Å². The van der Waals surface area contributed by atoms with E-state index in [2.05, 4.69) is 15.3 Å². The number of anilines is 1. The van der Waals surface area contributed by atoms with Crippen LogP contribution in [0.15, 0.2) is 18.6 Å². The molecule has 17 heavy (non-hydrogen) atoms. The largest absolute Gasteiger partial charge is 0.494 e. The fraction of sp³-hybridized carbons (Fsp3) is 0.222. The van der Waals surface area contributed by atoms with E-state index in [1.807, 2.05) is 0 Å². The summed E-state index contributed by atoms with van der Waals surface area (Å²) in [5.74, 6) is 0.449. The van der Waals surface area contributed by atoms with Gasteiger partial charge in [-0.2, -0.15) is 19.0 Å². The van der Waals surface area contributed by atoms with Gasteiger partial charge in [0.15, 0.2) is 11.6 Å². The van der Waals surface area contributed by atoms with Crippen LogP contribution in [0.2, 0.25) is 0 Å². The van der Waals surface area contributed by atoms with Gasteiger partial charge in [0.25, 0.3) is 0 Å². The molecule has 2 heterocycles. The van der Waals surface area contributed by atoms with E-state index >= 15 is 0 Å². The molecule has 2 aromatic heterocycles. The highest BCUT2D eigenvalue weighted by Crippen LogP contribution is 2.33. The van der Waals surface area contributed by atoms with Crippen LogP contribution in [0.25, 0.3) is 11.1 Å². The molecule has 0 aliphatic carbocycles. The fourth-order valence-corrected chi connectivity index (χ4v) is 1.40. The van der Waals surface area contributed by atoms with Crippen molar-refractivity contribution in [3.8, 4) is 16.9 Å². The van der Waals surface area contributed by atoms with Gasteiger partial charge in [-0.3, -0.25) is 0 Å². The van der Waals surface area contributed by atoms with Gasteiger partial charge in [0, 0.05) is 11.8 Å². The number of nitrogens with two attached hydrogens (primary N) is 1. The van der Waals surface area contributed by atoms with E-state index in [1.165, 1.54) is 25.7 Å². The molecule has 0 spiro atoms. The minimum absolute atomic E-state index is 0.0955. The number of nitrogen functional groups attached to an aromatic ring is 1. The zero-order chi connectivity index (χ0) is 12.4. The molecule has 8 heteroatoms. The van der Waals surface area contributed by atoms with Crippen molar-refractivity contribution in [2.24, 2.45) is 0 Å². The summed E-state index contributed by atoms with van der Waals surface area (Å²) >= 11 is 0. The molecule has 0 aliphatic rings. The second kappa shape index (κ2) is 4.32. The first-order valence-electron chi connectivity index (χ1n) is 4.61. The molecule has 6 nitrogen and oxygen atoms in total. The van der Waals surface area contributed by atoms with E-state index in [4.69, 9.17) is 10.5 Å². The van der Waals surface area contributed by atoms with Crippen LogP contribution < -0.4 is 10.5 Å². The second-order valence-corrected chi connectivity index (χ2v) is 3.16. The molecule has 0 bridgehead atoms. The predicted octanol–water partition coefficient (Wildman–Crippen LogP) is 1.33. The minimum Gasteiger partial charge on any atom is -0.494 e. The Kier molecular flexibility index (Phi) is 2.86. The maximum absolute atomic E-state index is 12.4. The van der Waals surface area contributed by atoms with Crippen LogP contribution in [0.3, 0.4) is 0 Å². The molecule has 0 saturated heterocycles. The molecule has 2 aromatic rings. The van der Waals surface area contributed by atoms with Crippen LogP contribution in [0.1, 0.15) is 6.55 Å². The molecule has 0 saturated carbocycles. The summed E-state index contributed by atoms with van der Waals surface area (Å²) in [6.07, 6.45) is 3.79. The molecular formula is C9H9F2N5O. The first-order chi connectivity index (χ1) is 8.13. The van der Waals surface area contributed by atoms with Crippen LogP contribution >= 0.6 is 0 Å². The van der Waals surface area contributed by atoms with E-state index in [-0.39, 0.29) is 5.82 Å². The van der Waals surface area contributed by atoms with Crippen molar-refractivity contribution < 1.29 is 13.5 Å². The van der Waals surface area contributed by atoms with Crippen molar-refractivity contribution in [3.63, 3.8) is 0 Å². The van der Waals surface area contributed by atoms with E-state index in [1.54, 1.807) is 0 Å². The normalized spacial score (nSPS) is 10.8. The Morgan fingerprint density at radius 3 is 2.76 bits per heavy atom. The number of rotatable bonds is 3. The number of halogens is 2. The summed E-state index contributed by atoms with van der Waals surface area (Å²) in [6, 6.07) is 0. The molecule has 0 amide bonds. The summed E-state index contributed by atoms with van der Waals surface area (Å²) in [6.45, 7) is -2.70. The maximum atomic E-state index is 12.4. The standard InChI is InChI=1S/C9H9F2N5O/c1-17-6-3-13-15-8(12)7(6)5-2-14-16(4-5)9(10)11/h2-4,9H,1H3,(H2,12,15). The molecule has 0 aliphatic heterocycles. The third kappa shape index (κ3) is 2.01. The fourth-order valence-electron chi connectivity index (χ4n) is 1.40. The second-order valence-electron chi connectivity index (χ2n) is 3.16. The van der Waals surface area contributed by atoms with Gasteiger partial charge >= 0.3 is 6.55 Å². The zero-order valence-electron chi connectivity index (χ0n) is 8.84. The van der Waals surface area contributed by atoms with Gasteiger partial charge in [0.05, 0.1) is 25.1 Å². The highest BCUT2D eigenvalue weighted by atomic mass is 19.3. The Hall–Kier alpha value is -2.25. The first-order valence-corrected chi connectivity index (χ1v) is 4.61. The lowest BCUT2D eigenvalue weighted by Crippen LogP contribution is -1.99. The zero-order valence-corrected chi connectivity index (χ0v) is 8.84. The van der Waals surface area contributed by atoms with Crippen molar-refractivity contribution in [1.82, 2.24) is 20.0 Å². The summed E-state index contributed by atoms with van der Waals surface area (Å²) in [5.41, 5.74) is 6.43. The average molecular weight is 241 g/mol. The third-order valence-electron chi connectivity index (χ3n) is 2.15. The lowest BCUT2D eigenvalue weighted by Gasteiger charge is -2.06. The van der Waals surface area contributed by atoms with Crippen molar-refractivity contribution in [1.29, 1.82) is 0 Å². The van der Waals surface area contributed by atoms with E-state index in [0.29, 0.717) is 21.6 Å². The third-order valence-corrected chi connectivity index (χ3v) is 2.15. The summed E-state index contributed by atoms with van der Waals surface area (Å²) in [5, 5.41) is 10.8. The molecule has 2 N–H and O–H groups in total. The van der Waals surface area contributed by atoms with E-state index < -0.39 is 6.55 Å². The Balaban J connectivity index is 2.51. The predicted molar refractivity (Wildman–Crippen MR) is 55.5 cm³/mol. The van der Waals surface area contributed by atoms with Crippen LogP contribution in [0, 0.1) is 0 Å². The maximum Gasteiger partial charge on any atom is 0.333 e. The Labute approximate surface area is 95.0 Å². The van der Waals surface area contributed by atoms with Crippen molar-refractivity contribution in [2.45, 2.75) is 6.55 Å². The van der Waals surface area contributed by atoms with Crippen LogP contribution in [0.5, 0.6) is 5.75 Å². The highest BCUT2D eigenvalue weighted by molar-refractivity contribution is 5.78. The number of aromatic nitrogens is 4. The van der Waals surface area contributed by atoms with Crippen molar-refractivity contribution in [2.75, 3.05) is 12.8 Å². The summed E-state index contributed by atoms with van der Waals surface area (Å²) in [4.78, 5) is 0. The average Bonchev–Trinajstić information content (AvgIpc) is 2.77. The molecular weight excluding hydrogens is 232 g/mol. The van der Waals surface area contributed by atoms with Crippen LogP contribution in [0.4, 0.5) is 14.6 Å². The van der Waals surface area contributed by atoms with Gasteiger partial charge in [0.2, 0.25) is 0 Å². The summed E-state index contributed by atoms with van der Waals surface area (Å²) < 4.78 is 30.3. The van der Waals surface area contributed by atoms with Gasteiger partial charge in [-0.1, -0.05) is 0 Å². The SMILES string of the molecule is COc1cnnc(N)c1-c1cnn(C(F)F)c1. The number of hydrogen-bond acceptors (Lipinski definition) is 5. The molecule has 0 aromatic carbocycles.